The number of rotatable bonds is 11. The molecule has 0 unspecified atom stereocenters. The van der Waals surface area contributed by atoms with Crippen LogP contribution >= 0.6 is 116 Å². The van der Waals surface area contributed by atoms with Crippen LogP contribution < -0.4 is 0 Å². The monoisotopic (exact) mass is 1750 g/mol. The van der Waals surface area contributed by atoms with Crippen LogP contribution in [0.25, 0.3) is 22.3 Å². The van der Waals surface area contributed by atoms with Crippen LogP contribution in [0.1, 0.15) is 73.1 Å². The maximum Gasteiger partial charge on any atom is 0.410 e. The molecule has 10 aliphatic rings. The van der Waals surface area contributed by atoms with Gasteiger partial charge in [-0.1, -0.05) is 198 Å². The van der Waals surface area contributed by atoms with Crippen molar-refractivity contribution < 1.29 is 89.8 Å². The molecular formula is C80H101Cl3N4O19S7. The Morgan fingerprint density at radius 1 is 0.425 bits per heavy atom. The highest BCUT2D eigenvalue weighted by atomic mass is 35.5. The molecule has 7 aromatic rings. The van der Waals surface area contributed by atoms with Gasteiger partial charge in [0.05, 0.1) is 77.7 Å². The molecule has 15 atom stereocenters. The van der Waals surface area contributed by atoms with Crippen LogP contribution in [0.2, 0.25) is 0 Å². The number of benzene rings is 7. The van der Waals surface area contributed by atoms with Crippen molar-refractivity contribution in [2.75, 3.05) is 65.8 Å². The summed E-state index contributed by atoms with van der Waals surface area (Å²) in [6, 6.07) is 55.5. The number of aliphatic hydroxyl groups excluding tert-OH is 3. The Balaban J connectivity index is 0.000000264. The first-order valence-corrected chi connectivity index (χ1v) is 37.2. The van der Waals surface area contributed by atoms with Gasteiger partial charge in [0.2, 0.25) is 0 Å². The molecule has 7 aromatic carbocycles. The molecule has 0 spiro atoms. The number of ether oxygens (including phenoxy) is 8. The van der Waals surface area contributed by atoms with Gasteiger partial charge in [-0.25, -0.2) is 19.2 Å². The molecule has 0 radical (unpaired) electrons. The van der Waals surface area contributed by atoms with Gasteiger partial charge in [0.15, 0.2) is 5.78 Å². The predicted octanol–water partition coefficient (Wildman–Crippen LogP) is 12.0. The Labute approximate surface area is 717 Å². The fraction of sp³-hybridized carbons (Fsp3) is 0.412. The summed E-state index contributed by atoms with van der Waals surface area (Å²) in [5, 5.41) is 29.3. The summed E-state index contributed by atoms with van der Waals surface area (Å²) in [5.41, 5.74) is 12.0. The van der Waals surface area contributed by atoms with Crippen LogP contribution in [0.5, 0.6) is 0 Å². The molecule has 8 saturated heterocycles. The Morgan fingerprint density at radius 2 is 0.752 bits per heavy atom. The summed E-state index contributed by atoms with van der Waals surface area (Å²) >= 11 is 18.7. The minimum Gasteiger partial charge on any atom is -0.448 e. The van der Waals surface area contributed by atoms with Crippen LogP contribution in [-0.4, -0.2) is 228 Å². The minimum absolute atomic E-state index is 0. The van der Waals surface area contributed by atoms with Gasteiger partial charge in [-0.05, 0) is 74.7 Å². The highest BCUT2D eigenvalue weighted by molar-refractivity contribution is 7.86. The number of aliphatic hydroxyl groups is 3. The average Bonchev–Trinajstić information content (AvgIpc) is 1.66. The van der Waals surface area contributed by atoms with Gasteiger partial charge in [-0.3, -0.25) is 28.6 Å². The summed E-state index contributed by atoms with van der Waals surface area (Å²) < 4.78 is 74.7. The standard InChI is InChI=1S/C21H20ClNO4.C21H18ClNO4.C21H23NO7S.C14H16ClNO4.3CH4.6H2S/c2*22-17-9-23(19-18(24)11-26-20(17)19)21(25)27-10-16-14-7-3-1-5-12(14)13-6-2-4-8-15(13)16;1-14-7-9-16(10-8-14)30(25,26)29-18-11-22(19-17(23)13-27-20(18)19)21(24)28-12-15-5-3-2-4-6-15;15-10-6-16(12-11(17)8-19-13(10)12)14(18)20-7-9-4-2-1-3-5-9;;;;;;;;;/h1-8,16-20,24H,9-11H2;1-8,16-17,19-20H,9-11H2;2-10,17-20,23H,11-13H2,1H3;1-5,10-13,17H,6-8H2;3*1H4;6*1H2/t17-,18+,19-,20-;17-,19-,20-;17-,18-,19+,20+;10-,11+,12-,13-;;;;;;;;;/m1101........./s1. The van der Waals surface area contributed by atoms with Gasteiger partial charge in [0.25, 0.3) is 10.1 Å². The summed E-state index contributed by atoms with van der Waals surface area (Å²) in [6.07, 6.45) is -7.21. The van der Waals surface area contributed by atoms with Crippen molar-refractivity contribution in [3.8, 4) is 22.3 Å². The van der Waals surface area contributed by atoms with Crippen molar-refractivity contribution in [1.29, 1.82) is 0 Å². The quantitative estimate of drug-likeness (QED) is 0.0616. The predicted molar refractivity (Wildman–Crippen MR) is 462 cm³/mol. The molecule has 2 aliphatic carbocycles. The van der Waals surface area contributed by atoms with E-state index in [1.165, 1.54) is 65.1 Å². The molecule has 3 N–H and O–H groups in total. The lowest BCUT2D eigenvalue weighted by atomic mass is 9.98. The molecule has 17 rings (SSSR count). The van der Waals surface area contributed by atoms with E-state index in [2.05, 4.69) is 48.5 Å². The number of carbonyl (C=O) groups excluding carboxylic acids is 5. The topological polar surface area (TPSA) is 276 Å². The highest BCUT2D eigenvalue weighted by Gasteiger charge is 2.57. The van der Waals surface area contributed by atoms with Gasteiger partial charge < -0.3 is 53.2 Å². The van der Waals surface area contributed by atoms with Crippen molar-refractivity contribution >= 4 is 156 Å². The second kappa shape index (κ2) is 42.8. The van der Waals surface area contributed by atoms with Crippen LogP contribution in [0.15, 0.2) is 187 Å². The van der Waals surface area contributed by atoms with Gasteiger partial charge in [-0.15, -0.1) is 34.8 Å². The second-order valence-electron chi connectivity index (χ2n) is 27.0. The SMILES string of the molecule is C.C.C.Cc1ccc(S(=O)(=O)O[C@H]2CN(C(=O)OCc3ccccc3)[C@H]3[C@@H]2OC[C@@H]3O)cc1.O=C(OCC1c2ccccc2-c2ccccc21)N1C[C@@H](Cl)[C@H]2OC[C@H](O)[C@H]21.O=C(OCc1ccccc1)N1C[C@@H](Cl)[C@H]2OC[C@H](O)[C@H]21.O=C1CO[C@@H]2[C@H](Cl)CN(C(=O)OCC3c4ccccc4-c4ccccc43)[C@H]12.S.S.S.S.S.S. The number of carbonyl (C=O) groups is 5. The summed E-state index contributed by atoms with van der Waals surface area (Å²) in [7, 11) is -4.06. The number of Topliss-reactive ketones (excluding diaryl/α,β-unsaturated/α-hetero) is 1. The number of alkyl halides is 3. The van der Waals surface area contributed by atoms with Gasteiger partial charge >= 0.3 is 24.4 Å². The van der Waals surface area contributed by atoms with E-state index >= 15 is 0 Å². The molecule has 33 heteroatoms. The van der Waals surface area contributed by atoms with Crippen molar-refractivity contribution in [1.82, 2.24) is 19.6 Å². The van der Waals surface area contributed by atoms with Crippen LogP contribution in [-0.2, 0) is 70.2 Å². The third-order valence-electron chi connectivity index (χ3n) is 20.6. The zero-order valence-electron chi connectivity index (χ0n) is 59.3. The summed E-state index contributed by atoms with van der Waals surface area (Å²) in [5.74, 6) is -0.116. The molecule has 0 aromatic heterocycles. The molecule has 113 heavy (non-hydrogen) atoms. The molecule has 618 valence electrons. The average molecular weight is 1750 g/mol. The van der Waals surface area contributed by atoms with E-state index in [9.17, 15) is 47.7 Å². The normalized spacial score (nSPS) is 25.7. The number of likely N-dealkylation sites (tertiary alicyclic amines) is 4. The van der Waals surface area contributed by atoms with Crippen molar-refractivity contribution in [3.63, 3.8) is 0 Å². The number of halogens is 3. The molecule has 0 bridgehead atoms. The number of hydrogen-bond acceptors (Lipinski definition) is 19. The molecule has 0 saturated carbocycles. The van der Waals surface area contributed by atoms with Gasteiger partial charge in [0.1, 0.15) is 75.7 Å². The molecule has 8 aliphatic heterocycles. The zero-order valence-corrected chi connectivity index (χ0v) is 68.4. The molecular weight excluding hydrogens is 1650 g/mol. The van der Waals surface area contributed by atoms with Crippen molar-refractivity contribution in [2.45, 2.75) is 148 Å². The minimum atomic E-state index is -4.06. The fourth-order valence-electron chi connectivity index (χ4n) is 15.6. The largest absolute Gasteiger partial charge is 0.448 e. The van der Waals surface area contributed by atoms with Gasteiger partial charge in [-0.2, -0.15) is 89.4 Å². The van der Waals surface area contributed by atoms with E-state index in [-0.39, 0.29) is 220 Å². The van der Waals surface area contributed by atoms with Crippen LogP contribution in [0, 0.1) is 6.92 Å². The third-order valence-corrected chi connectivity index (χ3v) is 23.1. The van der Waals surface area contributed by atoms with Crippen molar-refractivity contribution in [3.05, 3.63) is 221 Å². The number of ketones is 1. The molecule has 8 fully saturated rings. The van der Waals surface area contributed by atoms with E-state index in [0.29, 0.717) is 13.1 Å². The van der Waals surface area contributed by atoms with E-state index in [0.717, 1.165) is 27.8 Å². The number of hydrogen-bond donors (Lipinski definition) is 3. The van der Waals surface area contributed by atoms with Crippen LogP contribution in [0.4, 0.5) is 19.2 Å². The zero-order chi connectivity index (χ0) is 72.5. The van der Waals surface area contributed by atoms with E-state index in [4.69, 9.17) is 76.9 Å². The van der Waals surface area contributed by atoms with Crippen LogP contribution in [0.3, 0.4) is 0 Å². The summed E-state index contributed by atoms with van der Waals surface area (Å²) in [4.78, 5) is 68.0. The Kier molecular flexibility index (Phi) is 37.0. The lowest BCUT2D eigenvalue weighted by Crippen LogP contribution is -2.44. The maximum atomic E-state index is 12.7. The molecule has 8 heterocycles. The smallest absolute Gasteiger partial charge is 0.410 e. The Hall–Kier alpha value is -6.11. The Bertz CT molecular complexity index is 4320. The number of fused-ring (bicyclic) bond motifs is 10. The fourth-order valence-corrected chi connectivity index (χ4v) is 17.8. The lowest BCUT2D eigenvalue weighted by Gasteiger charge is -2.25. The first kappa shape index (κ1) is 97.5. The molecule has 4 amide bonds. The lowest BCUT2D eigenvalue weighted by molar-refractivity contribution is -0.121. The number of nitrogens with zero attached hydrogens (tertiary/aromatic N) is 4. The number of amides is 4. The molecule has 23 nitrogen and oxygen atoms in total. The van der Waals surface area contributed by atoms with E-state index in [1.807, 2.05) is 116 Å². The first-order chi connectivity index (χ1) is 50.3. The van der Waals surface area contributed by atoms with Gasteiger partial charge in [0, 0.05) is 31.5 Å². The highest BCUT2D eigenvalue weighted by Crippen LogP contribution is 2.47. The van der Waals surface area contributed by atoms with E-state index < -0.39 is 95.3 Å². The maximum absolute atomic E-state index is 12.7. The summed E-state index contributed by atoms with van der Waals surface area (Å²) in [6.45, 7) is 3.87. The number of aryl methyl sites for hydroxylation is 1. The first-order valence-electron chi connectivity index (χ1n) is 34.4. The third kappa shape index (κ3) is 20.7. The van der Waals surface area contributed by atoms with Crippen molar-refractivity contribution in [2.24, 2.45) is 0 Å². The Morgan fingerprint density at radius 3 is 1.16 bits per heavy atom. The van der Waals surface area contributed by atoms with E-state index in [1.54, 1.807) is 12.1 Å². The second-order valence-corrected chi connectivity index (χ2v) is 30.3.